The van der Waals surface area contributed by atoms with E-state index in [1.165, 1.54) is 25.3 Å². The summed E-state index contributed by atoms with van der Waals surface area (Å²) in [6.07, 6.45) is 0. The Bertz CT molecular complexity index is 1170. The number of nitrogens with one attached hydrogen (secondary N) is 2. The maximum absolute atomic E-state index is 12.9. The Morgan fingerprint density at radius 3 is 2.45 bits per heavy atom. The fourth-order valence-corrected chi connectivity index (χ4v) is 4.79. The first kappa shape index (κ1) is 21.4. The van der Waals surface area contributed by atoms with Gasteiger partial charge in [0.1, 0.15) is 10.6 Å². The smallest absolute Gasteiger partial charge is 0.263 e. The van der Waals surface area contributed by atoms with Crippen LogP contribution in [0.4, 0.5) is 11.4 Å². The molecule has 0 heterocycles. The fourth-order valence-electron chi connectivity index (χ4n) is 2.56. The molecule has 6 nitrogen and oxygen atoms in total. The molecule has 0 aliphatic carbocycles. The minimum Gasteiger partial charge on any atom is -0.495 e. The van der Waals surface area contributed by atoms with Gasteiger partial charge < -0.3 is 10.1 Å². The summed E-state index contributed by atoms with van der Waals surface area (Å²) in [6, 6.07) is 18.0. The van der Waals surface area contributed by atoms with Crippen molar-refractivity contribution in [3.05, 3.63) is 80.9 Å². The standard InChI is InChI=1S/C20H16ClIN2O4S/c1-28-18-9-5-4-8-17(18)24-29(26,27)19-12-13(10-11-15(19)21)23-20(25)14-6-2-3-7-16(14)22/h2-12,24H,1H3,(H,23,25). The molecule has 3 aromatic carbocycles. The fraction of sp³-hybridized carbons (Fsp3) is 0.0500. The minimum atomic E-state index is -4.02. The van der Waals surface area contributed by atoms with E-state index < -0.39 is 10.0 Å². The third-order valence-electron chi connectivity index (χ3n) is 3.95. The van der Waals surface area contributed by atoms with Gasteiger partial charge in [-0.05, 0) is 65.1 Å². The third-order valence-corrected chi connectivity index (χ3v) is 6.74. The molecular formula is C20H16ClIN2O4S. The van der Waals surface area contributed by atoms with Gasteiger partial charge in [-0.3, -0.25) is 9.52 Å². The van der Waals surface area contributed by atoms with Crippen molar-refractivity contribution in [1.82, 2.24) is 0 Å². The molecule has 0 aromatic heterocycles. The molecule has 1 amide bonds. The number of halogens is 2. The van der Waals surface area contributed by atoms with E-state index in [2.05, 4.69) is 32.6 Å². The molecule has 150 valence electrons. The number of carbonyl (C=O) groups is 1. The van der Waals surface area contributed by atoms with Crippen LogP contribution in [0.3, 0.4) is 0 Å². The lowest BCUT2D eigenvalue weighted by atomic mass is 10.2. The van der Waals surface area contributed by atoms with E-state index in [1.807, 2.05) is 12.1 Å². The molecule has 0 unspecified atom stereocenters. The van der Waals surface area contributed by atoms with Crippen molar-refractivity contribution < 1.29 is 17.9 Å². The van der Waals surface area contributed by atoms with Gasteiger partial charge in [0.15, 0.2) is 0 Å². The Morgan fingerprint density at radius 2 is 1.72 bits per heavy atom. The van der Waals surface area contributed by atoms with Gasteiger partial charge in [0, 0.05) is 9.26 Å². The lowest BCUT2D eigenvalue weighted by Gasteiger charge is -2.14. The molecule has 0 bridgehead atoms. The van der Waals surface area contributed by atoms with Crippen LogP contribution in [0.5, 0.6) is 5.75 Å². The zero-order valence-electron chi connectivity index (χ0n) is 15.1. The van der Waals surface area contributed by atoms with Crippen LogP contribution >= 0.6 is 34.2 Å². The number of hydrogen-bond acceptors (Lipinski definition) is 4. The van der Waals surface area contributed by atoms with E-state index in [0.29, 0.717) is 17.0 Å². The van der Waals surface area contributed by atoms with E-state index in [1.54, 1.807) is 36.4 Å². The zero-order chi connectivity index (χ0) is 21.0. The van der Waals surface area contributed by atoms with Crippen LogP contribution in [-0.4, -0.2) is 21.4 Å². The Kier molecular flexibility index (Phi) is 6.66. The highest BCUT2D eigenvalue weighted by Crippen LogP contribution is 2.30. The molecule has 9 heteroatoms. The van der Waals surface area contributed by atoms with Crippen LogP contribution < -0.4 is 14.8 Å². The number of sulfonamides is 1. The average Bonchev–Trinajstić information content (AvgIpc) is 2.69. The number of anilines is 2. The summed E-state index contributed by atoms with van der Waals surface area (Å²) in [5.74, 6) is 0.0219. The predicted octanol–water partition coefficient (Wildman–Crippen LogP) is 5.01. The summed E-state index contributed by atoms with van der Waals surface area (Å²) in [5, 5.41) is 2.73. The van der Waals surface area contributed by atoms with Crippen molar-refractivity contribution in [2.24, 2.45) is 0 Å². The van der Waals surface area contributed by atoms with Crippen molar-refractivity contribution in [2.75, 3.05) is 17.1 Å². The normalized spacial score (nSPS) is 11.0. The highest BCUT2D eigenvalue weighted by molar-refractivity contribution is 14.1. The van der Waals surface area contributed by atoms with Crippen LogP contribution in [0, 0.1) is 3.57 Å². The molecule has 2 N–H and O–H groups in total. The summed E-state index contributed by atoms with van der Waals surface area (Å²) in [4.78, 5) is 12.4. The number of para-hydroxylation sites is 2. The van der Waals surface area contributed by atoms with E-state index in [-0.39, 0.29) is 21.5 Å². The summed E-state index contributed by atoms with van der Waals surface area (Å²) in [5.41, 5.74) is 1.07. The highest BCUT2D eigenvalue weighted by atomic mass is 127. The van der Waals surface area contributed by atoms with Crippen molar-refractivity contribution in [2.45, 2.75) is 4.90 Å². The van der Waals surface area contributed by atoms with Gasteiger partial charge in [-0.25, -0.2) is 8.42 Å². The summed E-state index contributed by atoms with van der Waals surface area (Å²) < 4.78 is 34.2. The van der Waals surface area contributed by atoms with Gasteiger partial charge in [-0.2, -0.15) is 0 Å². The molecule has 3 aromatic rings. The van der Waals surface area contributed by atoms with Crippen molar-refractivity contribution in [3.63, 3.8) is 0 Å². The maximum Gasteiger partial charge on any atom is 0.263 e. The molecule has 0 atom stereocenters. The number of carbonyl (C=O) groups excluding carboxylic acids is 1. The summed E-state index contributed by atoms with van der Waals surface area (Å²) >= 11 is 8.20. The Labute approximate surface area is 187 Å². The molecule has 0 fully saturated rings. The minimum absolute atomic E-state index is 0.0275. The lowest BCUT2D eigenvalue weighted by Crippen LogP contribution is -2.16. The van der Waals surface area contributed by atoms with Gasteiger partial charge in [-0.1, -0.05) is 35.9 Å². The largest absolute Gasteiger partial charge is 0.495 e. The van der Waals surface area contributed by atoms with Crippen LogP contribution in [0.25, 0.3) is 0 Å². The molecule has 0 saturated heterocycles. The first-order chi connectivity index (χ1) is 13.8. The van der Waals surface area contributed by atoms with Gasteiger partial charge in [0.25, 0.3) is 15.9 Å². The number of hydrogen-bond donors (Lipinski definition) is 2. The number of methoxy groups -OCH3 is 1. The molecule has 0 spiro atoms. The molecular weight excluding hydrogens is 527 g/mol. The highest BCUT2D eigenvalue weighted by Gasteiger charge is 2.21. The number of amides is 1. The zero-order valence-corrected chi connectivity index (χ0v) is 18.9. The van der Waals surface area contributed by atoms with Crippen LogP contribution in [-0.2, 0) is 10.0 Å². The van der Waals surface area contributed by atoms with Gasteiger partial charge in [0.2, 0.25) is 0 Å². The van der Waals surface area contributed by atoms with Crippen molar-refractivity contribution in [3.8, 4) is 5.75 Å². The SMILES string of the molecule is COc1ccccc1NS(=O)(=O)c1cc(NC(=O)c2ccccc2I)ccc1Cl. The topological polar surface area (TPSA) is 84.5 Å². The first-order valence-electron chi connectivity index (χ1n) is 8.33. The summed E-state index contributed by atoms with van der Waals surface area (Å²) in [7, 11) is -2.58. The second kappa shape index (κ2) is 9.02. The maximum atomic E-state index is 12.9. The van der Waals surface area contributed by atoms with Gasteiger partial charge in [0.05, 0.1) is 23.4 Å². The van der Waals surface area contributed by atoms with E-state index in [4.69, 9.17) is 16.3 Å². The van der Waals surface area contributed by atoms with E-state index >= 15 is 0 Å². The van der Waals surface area contributed by atoms with E-state index in [9.17, 15) is 13.2 Å². The van der Waals surface area contributed by atoms with Crippen molar-refractivity contribution >= 4 is 61.5 Å². The van der Waals surface area contributed by atoms with Crippen molar-refractivity contribution in [1.29, 1.82) is 0 Å². The van der Waals surface area contributed by atoms with Crippen LogP contribution in [0.2, 0.25) is 5.02 Å². The average molecular weight is 543 g/mol. The molecule has 29 heavy (non-hydrogen) atoms. The van der Waals surface area contributed by atoms with E-state index in [0.717, 1.165) is 3.57 Å². The lowest BCUT2D eigenvalue weighted by molar-refractivity contribution is 0.102. The molecule has 0 aliphatic rings. The first-order valence-corrected chi connectivity index (χ1v) is 11.3. The third kappa shape index (κ3) is 5.01. The Balaban J connectivity index is 1.90. The molecule has 0 saturated carbocycles. The monoisotopic (exact) mass is 542 g/mol. The second-order valence-corrected chi connectivity index (χ2v) is 9.11. The molecule has 0 aliphatic heterocycles. The second-order valence-electron chi connectivity index (χ2n) is 5.88. The molecule has 0 radical (unpaired) electrons. The van der Waals surface area contributed by atoms with Gasteiger partial charge >= 0.3 is 0 Å². The quantitative estimate of drug-likeness (QED) is 0.429. The van der Waals surface area contributed by atoms with Gasteiger partial charge in [-0.15, -0.1) is 0 Å². The van der Waals surface area contributed by atoms with Crippen LogP contribution in [0.1, 0.15) is 10.4 Å². The summed E-state index contributed by atoms with van der Waals surface area (Å²) in [6.45, 7) is 0. The predicted molar refractivity (Wildman–Crippen MR) is 122 cm³/mol. The van der Waals surface area contributed by atoms with Crippen LogP contribution in [0.15, 0.2) is 71.6 Å². The molecule has 3 rings (SSSR count). The number of rotatable bonds is 6. The number of benzene rings is 3. The Hall–Kier alpha value is -2.30. The Morgan fingerprint density at radius 1 is 1.03 bits per heavy atom. The number of ether oxygens (including phenoxy) is 1.